The fourth-order valence-corrected chi connectivity index (χ4v) is 2.76. The van der Waals surface area contributed by atoms with Gasteiger partial charge in [-0.2, -0.15) is 0 Å². The second-order valence-electron chi connectivity index (χ2n) is 5.68. The molecule has 126 valence electrons. The third kappa shape index (κ3) is 4.07. The van der Waals surface area contributed by atoms with Gasteiger partial charge in [0, 0.05) is 12.2 Å². The van der Waals surface area contributed by atoms with Crippen LogP contribution in [0.2, 0.25) is 0 Å². The topological polar surface area (TPSA) is 38.3 Å². The number of para-hydroxylation sites is 1. The summed E-state index contributed by atoms with van der Waals surface area (Å²) in [5, 5.41) is 3.21. The largest absolute Gasteiger partial charge is 0.449 e. The summed E-state index contributed by atoms with van der Waals surface area (Å²) in [7, 11) is 0. The molecule has 0 unspecified atom stereocenters. The van der Waals surface area contributed by atoms with Crippen molar-refractivity contribution in [2.24, 2.45) is 0 Å². The highest BCUT2D eigenvalue weighted by Crippen LogP contribution is 2.28. The van der Waals surface area contributed by atoms with Crippen LogP contribution in [0.4, 0.5) is 5.69 Å². The highest BCUT2D eigenvalue weighted by molar-refractivity contribution is 5.95. The maximum absolute atomic E-state index is 12.8. The van der Waals surface area contributed by atoms with E-state index in [0.717, 1.165) is 23.4 Å². The van der Waals surface area contributed by atoms with Gasteiger partial charge in [0.05, 0.1) is 5.56 Å². The number of ether oxygens (including phenoxy) is 1. The Morgan fingerprint density at radius 2 is 1.36 bits per heavy atom. The molecule has 0 aliphatic carbocycles. The van der Waals surface area contributed by atoms with Crippen LogP contribution in [0.1, 0.15) is 34.5 Å². The fourth-order valence-electron chi connectivity index (χ4n) is 2.76. The van der Waals surface area contributed by atoms with Gasteiger partial charge in [-0.3, -0.25) is 0 Å². The van der Waals surface area contributed by atoms with Gasteiger partial charge >= 0.3 is 5.97 Å². The molecule has 0 aromatic heterocycles. The van der Waals surface area contributed by atoms with Gasteiger partial charge in [-0.25, -0.2) is 4.79 Å². The fraction of sp³-hybridized carbons (Fsp3) is 0.136. The second-order valence-corrected chi connectivity index (χ2v) is 5.68. The summed E-state index contributed by atoms with van der Waals surface area (Å²) >= 11 is 0. The van der Waals surface area contributed by atoms with Gasteiger partial charge in [-0.15, -0.1) is 0 Å². The van der Waals surface area contributed by atoms with E-state index in [4.69, 9.17) is 4.74 Å². The summed E-state index contributed by atoms with van der Waals surface area (Å²) in [4.78, 5) is 12.8. The zero-order valence-corrected chi connectivity index (χ0v) is 14.2. The molecule has 1 N–H and O–H groups in total. The minimum atomic E-state index is -0.440. The highest BCUT2D eigenvalue weighted by Gasteiger charge is 2.21. The molecular formula is C22H21NO2. The Bertz CT molecular complexity index is 776. The summed E-state index contributed by atoms with van der Waals surface area (Å²) in [5.74, 6) is -0.339. The van der Waals surface area contributed by atoms with E-state index >= 15 is 0 Å². The third-order valence-corrected chi connectivity index (χ3v) is 3.94. The van der Waals surface area contributed by atoms with Gasteiger partial charge in [-0.1, -0.05) is 72.8 Å². The lowest BCUT2D eigenvalue weighted by molar-refractivity contribution is 0.0379. The zero-order valence-electron chi connectivity index (χ0n) is 14.2. The van der Waals surface area contributed by atoms with Crippen molar-refractivity contribution in [1.82, 2.24) is 0 Å². The van der Waals surface area contributed by atoms with Gasteiger partial charge in [0.2, 0.25) is 0 Å². The summed E-state index contributed by atoms with van der Waals surface area (Å²) in [6, 6.07) is 27.0. The van der Waals surface area contributed by atoms with Crippen LogP contribution >= 0.6 is 0 Å². The Balaban J connectivity index is 1.92. The normalized spacial score (nSPS) is 10.5. The SMILES string of the molecule is CCNc1ccccc1C(=O)OC(c1ccccc1)c1ccccc1. The van der Waals surface area contributed by atoms with E-state index in [1.54, 1.807) is 6.07 Å². The van der Waals surface area contributed by atoms with Crippen LogP contribution < -0.4 is 5.32 Å². The quantitative estimate of drug-likeness (QED) is 0.641. The zero-order chi connectivity index (χ0) is 17.5. The molecule has 0 aliphatic heterocycles. The molecule has 25 heavy (non-hydrogen) atoms. The smallest absolute Gasteiger partial charge is 0.341 e. The van der Waals surface area contributed by atoms with Crippen molar-refractivity contribution in [1.29, 1.82) is 0 Å². The molecule has 0 amide bonds. The average molecular weight is 331 g/mol. The Hall–Kier alpha value is -3.07. The molecule has 3 aromatic rings. The second kappa shape index (κ2) is 8.15. The van der Waals surface area contributed by atoms with E-state index in [2.05, 4.69) is 5.32 Å². The number of esters is 1. The standard InChI is InChI=1S/C22H21NO2/c1-2-23-20-16-10-9-15-19(20)22(24)25-21(17-11-5-3-6-12-17)18-13-7-4-8-14-18/h3-16,21,23H,2H2,1H3. The molecule has 0 aliphatic rings. The van der Waals surface area contributed by atoms with Gasteiger partial charge in [0.15, 0.2) is 6.10 Å². The number of hydrogen-bond acceptors (Lipinski definition) is 3. The van der Waals surface area contributed by atoms with E-state index in [-0.39, 0.29) is 5.97 Å². The molecule has 0 atom stereocenters. The van der Waals surface area contributed by atoms with Crippen LogP contribution in [-0.4, -0.2) is 12.5 Å². The third-order valence-electron chi connectivity index (χ3n) is 3.94. The molecule has 0 spiro atoms. The monoisotopic (exact) mass is 331 g/mol. The molecular weight excluding hydrogens is 310 g/mol. The first-order valence-corrected chi connectivity index (χ1v) is 8.43. The Morgan fingerprint density at radius 1 is 0.840 bits per heavy atom. The number of rotatable bonds is 6. The molecule has 3 heteroatoms. The van der Waals surface area contributed by atoms with Crippen LogP contribution in [0.15, 0.2) is 84.9 Å². The Labute approximate surface area is 148 Å². The summed E-state index contributed by atoms with van der Waals surface area (Å²) < 4.78 is 5.92. The van der Waals surface area contributed by atoms with Crippen LogP contribution in [-0.2, 0) is 4.74 Å². The molecule has 0 saturated heterocycles. The first-order chi connectivity index (χ1) is 12.3. The lowest BCUT2D eigenvalue weighted by Gasteiger charge is -2.20. The molecule has 0 fully saturated rings. The van der Waals surface area contributed by atoms with Crippen LogP contribution in [0.25, 0.3) is 0 Å². The lowest BCUT2D eigenvalue weighted by Crippen LogP contribution is -2.15. The first-order valence-electron chi connectivity index (χ1n) is 8.43. The van der Waals surface area contributed by atoms with E-state index in [0.29, 0.717) is 5.56 Å². The Morgan fingerprint density at radius 3 is 1.92 bits per heavy atom. The van der Waals surface area contributed by atoms with E-state index < -0.39 is 6.10 Å². The first kappa shape index (κ1) is 16.8. The number of benzene rings is 3. The predicted octanol–water partition coefficient (Wildman–Crippen LogP) is 5.06. The van der Waals surface area contributed by atoms with Crippen LogP contribution in [0, 0.1) is 0 Å². The van der Waals surface area contributed by atoms with E-state index in [9.17, 15) is 4.79 Å². The number of nitrogens with one attached hydrogen (secondary N) is 1. The molecule has 3 nitrogen and oxygen atoms in total. The number of anilines is 1. The molecule has 3 rings (SSSR count). The lowest BCUT2D eigenvalue weighted by atomic mass is 10.0. The minimum absolute atomic E-state index is 0.339. The number of carbonyl (C=O) groups excluding carboxylic acids is 1. The van der Waals surface area contributed by atoms with Crippen molar-refractivity contribution in [3.05, 3.63) is 102 Å². The number of hydrogen-bond donors (Lipinski definition) is 1. The van der Waals surface area contributed by atoms with Crippen molar-refractivity contribution in [3.8, 4) is 0 Å². The van der Waals surface area contributed by atoms with Crippen molar-refractivity contribution >= 4 is 11.7 Å². The van der Waals surface area contributed by atoms with Crippen molar-refractivity contribution in [2.75, 3.05) is 11.9 Å². The minimum Gasteiger partial charge on any atom is -0.449 e. The van der Waals surface area contributed by atoms with Gasteiger partial charge in [0.1, 0.15) is 0 Å². The van der Waals surface area contributed by atoms with Gasteiger partial charge in [0.25, 0.3) is 0 Å². The highest BCUT2D eigenvalue weighted by atomic mass is 16.5. The van der Waals surface area contributed by atoms with Crippen LogP contribution in [0.5, 0.6) is 0 Å². The van der Waals surface area contributed by atoms with E-state index in [1.165, 1.54) is 0 Å². The number of carbonyl (C=O) groups is 1. The van der Waals surface area contributed by atoms with Gasteiger partial charge < -0.3 is 10.1 Å². The Kier molecular flexibility index (Phi) is 5.47. The summed E-state index contributed by atoms with van der Waals surface area (Å²) in [5.41, 5.74) is 3.22. The predicted molar refractivity (Wildman–Crippen MR) is 101 cm³/mol. The molecule has 0 heterocycles. The average Bonchev–Trinajstić information content (AvgIpc) is 2.68. The van der Waals surface area contributed by atoms with E-state index in [1.807, 2.05) is 85.8 Å². The molecule has 0 radical (unpaired) electrons. The molecule has 0 bridgehead atoms. The maximum atomic E-state index is 12.8. The van der Waals surface area contributed by atoms with Gasteiger partial charge in [-0.05, 0) is 30.2 Å². The molecule has 0 saturated carbocycles. The van der Waals surface area contributed by atoms with Crippen molar-refractivity contribution in [2.45, 2.75) is 13.0 Å². The van der Waals surface area contributed by atoms with Crippen LogP contribution in [0.3, 0.4) is 0 Å². The maximum Gasteiger partial charge on any atom is 0.341 e. The van der Waals surface area contributed by atoms with Crippen molar-refractivity contribution in [3.63, 3.8) is 0 Å². The summed E-state index contributed by atoms with van der Waals surface area (Å²) in [6.45, 7) is 2.74. The van der Waals surface area contributed by atoms with Crippen molar-refractivity contribution < 1.29 is 9.53 Å². The molecule has 3 aromatic carbocycles. The summed E-state index contributed by atoms with van der Waals surface area (Å²) in [6.07, 6.45) is -0.440.